The van der Waals surface area contributed by atoms with E-state index in [9.17, 15) is 0 Å². The topological polar surface area (TPSA) is 0 Å². The number of benzene rings is 2. The molecule has 2 aromatic carbocycles. The molecule has 0 spiro atoms. The van der Waals surface area contributed by atoms with E-state index in [1.807, 2.05) is 6.07 Å². The van der Waals surface area contributed by atoms with E-state index in [1.165, 1.54) is 61.6 Å². The van der Waals surface area contributed by atoms with Crippen LogP contribution in [-0.4, -0.2) is 0 Å². The van der Waals surface area contributed by atoms with Gasteiger partial charge in [0.15, 0.2) is 0 Å². The monoisotopic (exact) mass is 308 g/mol. The van der Waals surface area contributed by atoms with Gasteiger partial charge >= 0.3 is 0 Å². The highest BCUT2D eigenvalue weighted by Gasteiger charge is 2.08. The molecule has 1 aliphatic rings. The maximum Gasteiger partial charge on any atom is -0.0184 e. The van der Waals surface area contributed by atoms with Crippen LogP contribution in [0.2, 0.25) is 0 Å². The van der Waals surface area contributed by atoms with E-state index in [0.717, 1.165) is 12.3 Å². The highest BCUT2D eigenvalue weighted by atomic mass is 14.1. The molecular formula is C23H32. The first kappa shape index (κ1) is 17.8. The first-order valence-corrected chi connectivity index (χ1v) is 9.47. The van der Waals surface area contributed by atoms with Crippen molar-refractivity contribution in [3.63, 3.8) is 0 Å². The third-order valence-electron chi connectivity index (χ3n) is 5.02. The van der Waals surface area contributed by atoms with Gasteiger partial charge < -0.3 is 0 Å². The summed E-state index contributed by atoms with van der Waals surface area (Å²) in [5.74, 6) is 1.08. The van der Waals surface area contributed by atoms with Gasteiger partial charge in [-0.3, -0.25) is 0 Å². The van der Waals surface area contributed by atoms with Gasteiger partial charge in [0.2, 0.25) is 0 Å². The first-order chi connectivity index (χ1) is 11.3. The third kappa shape index (κ3) is 6.22. The van der Waals surface area contributed by atoms with Gasteiger partial charge in [0.1, 0.15) is 0 Å². The molecule has 1 saturated carbocycles. The van der Waals surface area contributed by atoms with Crippen LogP contribution in [0.15, 0.2) is 54.6 Å². The van der Waals surface area contributed by atoms with Gasteiger partial charge in [-0.2, -0.15) is 0 Å². The molecule has 0 aromatic heterocycles. The lowest BCUT2D eigenvalue weighted by Crippen LogP contribution is -1.94. The molecule has 124 valence electrons. The lowest BCUT2D eigenvalue weighted by atomic mass is 9.98. The number of hydrogen-bond acceptors (Lipinski definition) is 0. The molecule has 0 unspecified atom stereocenters. The summed E-state index contributed by atoms with van der Waals surface area (Å²) in [5.41, 5.74) is 3.97. The molecule has 1 fully saturated rings. The second kappa shape index (κ2) is 10.3. The van der Waals surface area contributed by atoms with E-state index in [1.54, 1.807) is 0 Å². The highest BCUT2D eigenvalue weighted by molar-refractivity contribution is 5.63. The minimum absolute atomic E-state index is 1.08. The predicted molar refractivity (Wildman–Crippen MR) is 103 cm³/mol. The number of aryl methyl sites for hydroxylation is 1. The van der Waals surface area contributed by atoms with Gasteiger partial charge in [0, 0.05) is 0 Å². The van der Waals surface area contributed by atoms with Crippen LogP contribution >= 0.6 is 0 Å². The van der Waals surface area contributed by atoms with Gasteiger partial charge in [-0.15, -0.1) is 0 Å². The van der Waals surface area contributed by atoms with Crippen LogP contribution in [0.3, 0.4) is 0 Å². The van der Waals surface area contributed by atoms with Crippen molar-refractivity contribution >= 4 is 0 Å². The third-order valence-corrected chi connectivity index (χ3v) is 5.02. The van der Waals surface area contributed by atoms with Crippen molar-refractivity contribution < 1.29 is 0 Å². The Morgan fingerprint density at radius 2 is 1.26 bits per heavy atom. The van der Waals surface area contributed by atoms with Crippen LogP contribution in [-0.2, 0) is 6.42 Å². The first-order valence-electron chi connectivity index (χ1n) is 9.47. The molecule has 23 heavy (non-hydrogen) atoms. The number of rotatable bonds is 3. The minimum atomic E-state index is 1.08. The van der Waals surface area contributed by atoms with Gasteiger partial charge in [-0.1, -0.05) is 113 Å². The van der Waals surface area contributed by atoms with Crippen molar-refractivity contribution in [2.24, 2.45) is 5.92 Å². The van der Waals surface area contributed by atoms with E-state index in [2.05, 4.69) is 62.4 Å². The predicted octanol–water partition coefficient (Wildman–Crippen LogP) is 7.28. The summed E-state index contributed by atoms with van der Waals surface area (Å²) >= 11 is 0. The molecule has 0 saturated heterocycles. The van der Waals surface area contributed by atoms with Crippen LogP contribution in [0.5, 0.6) is 0 Å². The van der Waals surface area contributed by atoms with Crippen LogP contribution < -0.4 is 0 Å². The molecule has 1 aliphatic carbocycles. The molecule has 0 heterocycles. The quantitative estimate of drug-likeness (QED) is 0.522. The lowest BCUT2D eigenvalue weighted by Gasteiger charge is -2.08. The van der Waals surface area contributed by atoms with E-state index in [4.69, 9.17) is 0 Å². The minimum Gasteiger partial charge on any atom is -0.0651 e. The Kier molecular flexibility index (Phi) is 7.93. The largest absolute Gasteiger partial charge is 0.0651 e. The normalized spacial score (nSPS) is 15.4. The van der Waals surface area contributed by atoms with E-state index < -0.39 is 0 Å². The SMILES string of the molecule is CCC1CCCCCC1.CCc1ccc(-c2ccccc2)cc1. The Morgan fingerprint density at radius 1 is 0.696 bits per heavy atom. The van der Waals surface area contributed by atoms with Crippen LogP contribution in [0, 0.1) is 5.92 Å². The molecule has 0 heteroatoms. The van der Waals surface area contributed by atoms with Crippen molar-refractivity contribution in [1.29, 1.82) is 0 Å². The zero-order valence-electron chi connectivity index (χ0n) is 14.9. The van der Waals surface area contributed by atoms with Crippen molar-refractivity contribution in [3.05, 3.63) is 60.2 Å². The molecule has 0 atom stereocenters. The second-order valence-electron chi connectivity index (χ2n) is 6.68. The average Bonchev–Trinajstić information content (AvgIpc) is 2.92. The summed E-state index contributed by atoms with van der Waals surface area (Å²) in [5, 5.41) is 0. The van der Waals surface area contributed by atoms with Crippen molar-refractivity contribution in [1.82, 2.24) is 0 Å². The van der Waals surface area contributed by atoms with Crippen molar-refractivity contribution in [3.8, 4) is 11.1 Å². The Balaban J connectivity index is 0.000000185. The number of hydrogen-bond donors (Lipinski definition) is 0. The fraction of sp³-hybridized carbons (Fsp3) is 0.478. The highest BCUT2D eigenvalue weighted by Crippen LogP contribution is 2.24. The van der Waals surface area contributed by atoms with Gasteiger partial charge in [-0.25, -0.2) is 0 Å². The zero-order valence-corrected chi connectivity index (χ0v) is 14.9. The van der Waals surface area contributed by atoms with E-state index >= 15 is 0 Å². The summed E-state index contributed by atoms with van der Waals surface area (Å²) in [6.07, 6.45) is 11.5. The fourth-order valence-corrected chi connectivity index (χ4v) is 3.34. The summed E-state index contributed by atoms with van der Waals surface area (Å²) in [7, 11) is 0. The zero-order chi connectivity index (χ0) is 16.3. The molecule has 0 radical (unpaired) electrons. The fourth-order valence-electron chi connectivity index (χ4n) is 3.34. The van der Waals surface area contributed by atoms with Crippen LogP contribution in [0.1, 0.15) is 64.4 Å². The summed E-state index contributed by atoms with van der Waals surface area (Å²) in [6, 6.07) is 19.2. The maximum absolute atomic E-state index is 2.33. The average molecular weight is 309 g/mol. The molecule has 2 aromatic rings. The van der Waals surface area contributed by atoms with Crippen LogP contribution in [0.25, 0.3) is 11.1 Å². The molecular weight excluding hydrogens is 276 g/mol. The molecule has 0 bridgehead atoms. The second-order valence-corrected chi connectivity index (χ2v) is 6.68. The Bertz CT molecular complexity index is 516. The Labute approximate surface area is 143 Å². The van der Waals surface area contributed by atoms with E-state index in [0.29, 0.717) is 0 Å². The van der Waals surface area contributed by atoms with Gasteiger partial charge in [0.25, 0.3) is 0 Å². The van der Waals surface area contributed by atoms with Crippen molar-refractivity contribution in [2.45, 2.75) is 65.2 Å². The molecule has 0 N–H and O–H groups in total. The summed E-state index contributed by atoms with van der Waals surface area (Å²) in [6.45, 7) is 4.51. The van der Waals surface area contributed by atoms with Crippen molar-refractivity contribution in [2.75, 3.05) is 0 Å². The molecule has 0 nitrogen and oxygen atoms in total. The Hall–Kier alpha value is -1.56. The Morgan fingerprint density at radius 3 is 1.78 bits per heavy atom. The smallest absolute Gasteiger partial charge is 0.0184 e. The van der Waals surface area contributed by atoms with E-state index in [-0.39, 0.29) is 0 Å². The molecule has 3 rings (SSSR count). The summed E-state index contributed by atoms with van der Waals surface area (Å²) < 4.78 is 0. The molecule has 0 aliphatic heterocycles. The standard InChI is InChI=1S/C14H14.C9H18/c1-2-12-8-10-14(11-9-12)13-6-4-3-5-7-13;1-2-9-7-5-3-4-6-8-9/h3-11H,2H2,1H3;9H,2-8H2,1H3. The molecule has 0 amide bonds. The van der Waals surface area contributed by atoms with Gasteiger partial charge in [0.05, 0.1) is 0 Å². The van der Waals surface area contributed by atoms with Crippen LogP contribution in [0.4, 0.5) is 0 Å². The summed E-state index contributed by atoms with van der Waals surface area (Å²) in [4.78, 5) is 0. The van der Waals surface area contributed by atoms with Gasteiger partial charge in [-0.05, 0) is 29.0 Å². The lowest BCUT2D eigenvalue weighted by molar-refractivity contribution is 0.446. The maximum atomic E-state index is 2.33.